The average Bonchev–Trinajstić information content (AvgIpc) is 2.57. The lowest BCUT2D eigenvalue weighted by Gasteiger charge is -2.12. The largest absolute Gasteiger partial charge is 0.417 e. The predicted molar refractivity (Wildman–Crippen MR) is 59.3 cm³/mol. The Balaban J connectivity index is 2.53. The number of likely N-dealkylation sites (N-methyl/N-ethyl adjacent to an activating group) is 1. The number of hydrogen-bond donors (Lipinski definition) is 2. The van der Waals surface area contributed by atoms with Crippen LogP contribution < -0.4 is 11.1 Å². The highest BCUT2D eigenvalue weighted by Gasteiger charge is 2.15. The van der Waals surface area contributed by atoms with Gasteiger partial charge in [-0.25, -0.2) is 4.79 Å². The van der Waals surface area contributed by atoms with Gasteiger partial charge in [-0.05, 0) is 31.7 Å². The van der Waals surface area contributed by atoms with Gasteiger partial charge < -0.3 is 9.73 Å². The van der Waals surface area contributed by atoms with Crippen molar-refractivity contribution in [2.45, 2.75) is 13.0 Å². The SMILES string of the molecule is CNC(C(C)=O)c1ccc2[nH]c(=O)oc2c1. The molecular formula is C11H12N2O3. The van der Waals surface area contributed by atoms with E-state index in [4.69, 9.17) is 4.42 Å². The van der Waals surface area contributed by atoms with E-state index in [1.54, 1.807) is 25.2 Å². The Morgan fingerprint density at radius 2 is 2.25 bits per heavy atom. The molecule has 0 fully saturated rings. The molecule has 16 heavy (non-hydrogen) atoms. The molecule has 0 spiro atoms. The fourth-order valence-corrected chi connectivity index (χ4v) is 1.75. The van der Waals surface area contributed by atoms with Crippen LogP contribution >= 0.6 is 0 Å². The maximum Gasteiger partial charge on any atom is 0.417 e. The Labute approximate surface area is 91.5 Å². The summed E-state index contributed by atoms with van der Waals surface area (Å²) in [5.74, 6) is -0.476. The fourth-order valence-electron chi connectivity index (χ4n) is 1.75. The Morgan fingerprint density at radius 3 is 2.88 bits per heavy atom. The van der Waals surface area contributed by atoms with Gasteiger partial charge in [0.1, 0.15) is 0 Å². The van der Waals surface area contributed by atoms with E-state index in [2.05, 4.69) is 10.3 Å². The van der Waals surface area contributed by atoms with Crippen molar-refractivity contribution >= 4 is 16.9 Å². The lowest BCUT2D eigenvalue weighted by molar-refractivity contribution is -0.119. The lowest BCUT2D eigenvalue weighted by atomic mass is 10.0. The number of aromatic nitrogens is 1. The van der Waals surface area contributed by atoms with Crippen LogP contribution in [0, 0.1) is 0 Å². The molecule has 5 nitrogen and oxygen atoms in total. The summed E-state index contributed by atoms with van der Waals surface area (Å²) in [6.07, 6.45) is 0. The van der Waals surface area contributed by atoms with E-state index in [0.29, 0.717) is 11.1 Å². The smallest absolute Gasteiger partial charge is 0.408 e. The molecule has 1 aromatic carbocycles. The van der Waals surface area contributed by atoms with E-state index in [0.717, 1.165) is 5.56 Å². The quantitative estimate of drug-likeness (QED) is 0.808. The molecule has 84 valence electrons. The van der Waals surface area contributed by atoms with E-state index in [1.165, 1.54) is 6.92 Å². The van der Waals surface area contributed by atoms with Gasteiger partial charge in [0, 0.05) is 0 Å². The number of carbonyl (C=O) groups excluding carboxylic acids is 1. The summed E-state index contributed by atoms with van der Waals surface area (Å²) in [5, 5.41) is 2.91. The highest BCUT2D eigenvalue weighted by atomic mass is 16.4. The number of fused-ring (bicyclic) bond motifs is 1. The van der Waals surface area contributed by atoms with Gasteiger partial charge >= 0.3 is 5.76 Å². The third-order valence-electron chi connectivity index (χ3n) is 2.47. The van der Waals surface area contributed by atoms with Gasteiger partial charge in [-0.2, -0.15) is 0 Å². The highest BCUT2D eigenvalue weighted by molar-refractivity contribution is 5.84. The zero-order valence-electron chi connectivity index (χ0n) is 9.03. The molecule has 1 atom stereocenters. The van der Waals surface area contributed by atoms with Crippen molar-refractivity contribution in [1.82, 2.24) is 10.3 Å². The second-order valence-corrected chi connectivity index (χ2v) is 3.60. The number of aromatic amines is 1. The molecule has 0 saturated carbocycles. The molecule has 1 heterocycles. The van der Waals surface area contributed by atoms with E-state index < -0.39 is 5.76 Å². The Kier molecular flexibility index (Phi) is 2.62. The Bertz CT molecular complexity index is 582. The van der Waals surface area contributed by atoms with Gasteiger partial charge in [0.05, 0.1) is 11.6 Å². The van der Waals surface area contributed by atoms with E-state index in [-0.39, 0.29) is 11.8 Å². The average molecular weight is 220 g/mol. The number of Topliss-reactive ketones (excluding diaryl/α,β-unsaturated/α-hetero) is 1. The number of hydrogen-bond acceptors (Lipinski definition) is 4. The maximum absolute atomic E-state index is 11.4. The molecule has 1 unspecified atom stereocenters. The van der Waals surface area contributed by atoms with Gasteiger partial charge in [0.15, 0.2) is 11.4 Å². The van der Waals surface area contributed by atoms with Gasteiger partial charge in [0.2, 0.25) is 0 Å². The number of H-pyrrole nitrogens is 1. The van der Waals surface area contributed by atoms with Crippen molar-refractivity contribution in [2.24, 2.45) is 0 Å². The van der Waals surface area contributed by atoms with Crippen LogP contribution in [-0.2, 0) is 4.79 Å². The molecule has 0 aliphatic rings. The number of nitrogens with one attached hydrogen (secondary N) is 2. The standard InChI is InChI=1S/C11H12N2O3/c1-6(14)10(12-2)7-3-4-8-9(5-7)16-11(15)13-8/h3-5,10,12H,1-2H3,(H,13,15). The minimum Gasteiger partial charge on any atom is -0.408 e. The van der Waals surface area contributed by atoms with E-state index >= 15 is 0 Å². The van der Waals surface area contributed by atoms with Crippen molar-refractivity contribution in [3.05, 3.63) is 34.3 Å². The van der Waals surface area contributed by atoms with Gasteiger partial charge in [0.25, 0.3) is 0 Å². The zero-order valence-corrected chi connectivity index (χ0v) is 9.03. The normalized spacial score (nSPS) is 12.9. The van der Waals surface area contributed by atoms with Crippen LogP contribution in [0.3, 0.4) is 0 Å². The van der Waals surface area contributed by atoms with Crippen LogP contribution in [0.5, 0.6) is 0 Å². The molecule has 0 bridgehead atoms. The van der Waals surface area contributed by atoms with E-state index in [1.807, 2.05) is 0 Å². The summed E-state index contributed by atoms with van der Waals surface area (Å²) < 4.78 is 4.93. The summed E-state index contributed by atoms with van der Waals surface area (Å²) in [5.41, 5.74) is 1.88. The summed E-state index contributed by atoms with van der Waals surface area (Å²) in [6, 6.07) is 4.83. The van der Waals surface area contributed by atoms with Crippen LogP contribution in [0.15, 0.2) is 27.4 Å². The third kappa shape index (κ3) is 1.77. The molecule has 5 heteroatoms. The maximum atomic E-state index is 11.4. The topological polar surface area (TPSA) is 75.1 Å². The second kappa shape index (κ2) is 3.94. The van der Waals surface area contributed by atoms with Crippen molar-refractivity contribution in [3.63, 3.8) is 0 Å². The molecule has 0 aliphatic heterocycles. The van der Waals surface area contributed by atoms with Crippen molar-refractivity contribution < 1.29 is 9.21 Å². The fraction of sp³-hybridized carbons (Fsp3) is 0.273. The van der Waals surface area contributed by atoms with Crippen molar-refractivity contribution in [3.8, 4) is 0 Å². The minimum atomic E-state index is -0.490. The summed E-state index contributed by atoms with van der Waals surface area (Å²) in [6.45, 7) is 1.51. The number of carbonyl (C=O) groups is 1. The number of rotatable bonds is 3. The number of oxazole rings is 1. The first-order valence-corrected chi connectivity index (χ1v) is 4.92. The predicted octanol–water partition coefficient (Wildman–Crippen LogP) is 0.971. The number of ketones is 1. The van der Waals surface area contributed by atoms with Crippen molar-refractivity contribution in [1.29, 1.82) is 0 Å². The van der Waals surface area contributed by atoms with Crippen LogP contribution in [0.1, 0.15) is 18.5 Å². The lowest BCUT2D eigenvalue weighted by Crippen LogP contribution is -2.23. The molecule has 0 aliphatic carbocycles. The minimum absolute atomic E-state index is 0.0136. The second-order valence-electron chi connectivity index (χ2n) is 3.60. The van der Waals surface area contributed by atoms with E-state index in [9.17, 15) is 9.59 Å². The molecule has 0 amide bonds. The number of benzene rings is 1. The zero-order chi connectivity index (χ0) is 11.7. The van der Waals surface area contributed by atoms with Crippen LogP contribution in [-0.4, -0.2) is 17.8 Å². The summed E-state index contributed by atoms with van der Waals surface area (Å²) in [7, 11) is 1.71. The Hall–Kier alpha value is -1.88. The van der Waals surface area contributed by atoms with Crippen LogP contribution in [0.4, 0.5) is 0 Å². The van der Waals surface area contributed by atoms with Crippen LogP contribution in [0.25, 0.3) is 11.1 Å². The Morgan fingerprint density at radius 1 is 1.50 bits per heavy atom. The summed E-state index contributed by atoms with van der Waals surface area (Å²) in [4.78, 5) is 24.9. The van der Waals surface area contributed by atoms with Crippen LogP contribution in [0.2, 0.25) is 0 Å². The van der Waals surface area contributed by atoms with Gasteiger partial charge in [-0.1, -0.05) is 6.07 Å². The van der Waals surface area contributed by atoms with Gasteiger partial charge in [-0.3, -0.25) is 9.78 Å². The molecule has 1 aromatic heterocycles. The molecule has 2 rings (SSSR count). The first-order valence-electron chi connectivity index (χ1n) is 4.92. The molecular weight excluding hydrogens is 208 g/mol. The first kappa shape index (κ1) is 10.6. The summed E-state index contributed by atoms with van der Waals surface area (Å²) >= 11 is 0. The monoisotopic (exact) mass is 220 g/mol. The van der Waals surface area contributed by atoms with Gasteiger partial charge in [-0.15, -0.1) is 0 Å². The van der Waals surface area contributed by atoms with Crippen molar-refractivity contribution in [2.75, 3.05) is 7.05 Å². The molecule has 2 N–H and O–H groups in total. The molecule has 2 aromatic rings. The first-order chi connectivity index (χ1) is 7.61. The highest BCUT2D eigenvalue weighted by Crippen LogP contribution is 2.18. The molecule has 0 saturated heterocycles. The molecule has 0 radical (unpaired) electrons. The third-order valence-corrected chi connectivity index (χ3v) is 2.47.